The van der Waals surface area contributed by atoms with Crippen LogP contribution in [0.5, 0.6) is 0 Å². The van der Waals surface area contributed by atoms with Gasteiger partial charge in [0.15, 0.2) is 0 Å². The zero-order chi connectivity index (χ0) is 19.3. The second-order valence-electron chi connectivity index (χ2n) is 7.33. The summed E-state index contributed by atoms with van der Waals surface area (Å²) in [5.74, 6) is -0.0354. The number of anilines is 2. The Kier molecular flexibility index (Phi) is 5.72. The fraction of sp³-hybridized carbons (Fsp3) is 0.304. The summed E-state index contributed by atoms with van der Waals surface area (Å²) in [6.45, 7) is 4.32. The van der Waals surface area contributed by atoms with Gasteiger partial charge in [-0.05, 0) is 56.5 Å². The summed E-state index contributed by atoms with van der Waals surface area (Å²) < 4.78 is 0. The number of hydrogen-bond donors (Lipinski definition) is 1. The van der Waals surface area contributed by atoms with Crippen LogP contribution in [0.15, 0.2) is 53.9 Å². The number of rotatable bonds is 5. The molecule has 1 fully saturated rings. The number of carbonyl (C=O) groups is 1. The predicted molar refractivity (Wildman–Crippen MR) is 117 cm³/mol. The number of nitrogens with one attached hydrogen (secondary N) is 1. The number of carbonyl (C=O) groups excluding carboxylic acids is 1. The molecule has 1 aromatic heterocycles. The maximum atomic E-state index is 12.4. The molecular weight excluding hydrogens is 366 g/mol. The van der Waals surface area contributed by atoms with Gasteiger partial charge in [0, 0.05) is 35.4 Å². The van der Waals surface area contributed by atoms with Crippen molar-refractivity contribution in [1.29, 1.82) is 0 Å². The molecule has 2 heterocycles. The lowest BCUT2D eigenvalue weighted by Gasteiger charge is -2.28. The first-order valence-corrected chi connectivity index (χ1v) is 10.7. The molecule has 4 rings (SSSR count). The van der Waals surface area contributed by atoms with Crippen molar-refractivity contribution in [1.82, 2.24) is 4.98 Å². The lowest BCUT2D eigenvalue weighted by Crippen LogP contribution is -2.29. The summed E-state index contributed by atoms with van der Waals surface area (Å²) >= 11 is 1.58. The smallest absolute Gasteiger partial charge is 0.230 e. The second-order valence-corrected chi connectivity index (χ2v) is 8.19. The Morgan fingerprint density at radius 1 is 1.11 bits per heavy atom. The standard InChI is InChI=1S/C23H25N3OS/c1-17-6-5-7-18(14-17)23-25-20(16-28-23)15-22(27)24-19-8-10-21(11-9-19)26-12-3-2-4-13-26/h5-11,14,16H,2-4,12-13,15H2,1H3,(H,24,27). The van der Waals surface area contributed by atoms with Gasteiger partial charge >= 0.3 is 0 Å². The number of amides is 1. The number of nitrogens with zero attached hydrogens (tertiary/aromatic N) is 2. The van der Waals surface area contributed by atoms with Crippen molar-refractivity contribution in [3.05, 3.63) is 65.2 Å². The number of piperidine rings is 1. The SMILES string of the molecule is Cc1cccc(-c2nc(CC(=O)Nc3ccc(N4CCCCC4)cc3)cs2)c1. The zero-order valence-electron chi connectivity index (χ0n) is 16.1. The molecule has 4 nitrogen and oxygen atoms in total. The number of hydrogen-bond acceptors (Lipinski definition) is 4. The van der Waals surface area contributed by atoms with Gasteiger partial charge in [-0.25, -0.2) is 4.98 Å². The first kappa shape index (κ1) is 18.7. The number of aromatic nitrogens is 1. The molecule has 0 bridgehead atoms. The Bertz CT molecular complexity index is 942. The average molecular weight is 392 g/mol. The minimum absolute atomic E-state index is 0.0354. The van der Waals surface area contributed by atoms with Crippen LogP contribution in [0, 0.1) is 6.92 Å². The highest BCUT2D eigenvalue weighted by Gasteiger charge is 2.12. The third-order valence-corrected chi connectivity index (χ3v) is 5.97. The van der Waals surface area contributed by atoms with Gasteiger partial charge in [-0.2, -0.15) is 0 Å². The van der Waals surface area contributed by atoms with Crippen molar-refractivity contribution >= 4 is 28.6 Å². The predicted octanol–water partition coefficient (Wildman–Crippen LogP) is 5.29. The van der Waals surface area contributed by atoms with E-state index >= 15 is 0 Å². The Morgan fingerprint density at radius 2 is 1.89 bits per heavy atom. The van der Waals surface area contributed by atoms with Crippen molar-refractivity contribution in [3.63, 3.8) is 0 Å². The molecule has 3 aromatic rings. The van der Waals surface area contributed by atoms with Crippen LogP contribution in [0.4, 0.5) is 11.4 Å². The molecule has 1 N–H and O–H groups in total. The van der Waals surface area contributed by atoms with E-state index in [0.29, 0.717) is 0 Å². The van der Waals surface area contributed by atoms with E-state index in [1.807, 2.05) is 23.6 Å². The van der Waals surface area contributed by atoms with E-state index in [9.17, 15) is 4.79 Å². The molecule has 28 heavy (non-hydrogen) atoms. The van der Waals surface area contributed by atoms with E-state index < -0.39 is 0 Å². The fourth-order valence-electron chi connectivity index (χ4n) is 3.58. The molecule has 1 saturated heterocycles. The van der Waals surface area contributed by atoms with Gasteiger partial charge in [-0.3, -0.25) is 4.79 Å². The average Bonchev–Trinajstić information content (AvgIpc) is 3.17. The van der Waals surface area contributed by atoms with Gasteiger partial charge in [-0.15, -0.1) is 11.3 Å². The highest BCUT2D eigenvalue weighted by atomic mass is 32.1. The Morgan fingerprint density at radius 3 is 2.64 bits per heavy atom. The highest BCUT2D eigenvalue weighted by Crippen LogP contribution is 2.25. The summed E-state index contributed by atoms with van der Waals surface area (Å²) in [7, 11) is 0. The summed E-state index contributed by atoms with van der Waals surface area (Å²) in [5.41, 5.74) is 5.19. The largest absolute Gasteiger partial charge is 0.372 e. The van der Waals surface area contributed by atoms with Crippen molar-refractivity contribution in [2.45, 2.75) is 32.6 Å². The van der Waals surface area contributed by atoms with Gasteiger partial charge in [0.1, 0.15) is 5.01 Å². The molecule has 0 radical (unpaired) electrons. The summed E-state index contributed by atoms with van der Waals surface area (Å²) in [4.78, 5) is 19.5. The molecule has 1 aliphatic rings. The van der Waals surface area contributed by atoms with Gasteiger partial charge in [0.05, 0.1) is 12.1 Å². The monoisotopic (exact) mass is 391 g/mol. The van der Waals surface area contributed by atoms with Crippen LogP contribution in [-0.4, -0.2) is 24.0 Å². The third kappa shape index (κ3) is 4.60. The highest BCUT2D eigenvalue weighted by molar-refractivity contribution is 7.13. The quantitative estimate of drug-likeness (QED) is 0.643. The molecule has 0 atom stereocenters. The van der Waals surface area contributed by atoms with Crippen molar-refractivity contribution in [2.75, 3.05) is 23.3 Å². The maximum Gasteiger partial charge on any atom is 0.230 e. The van der Waals surface area contributed by atoms with Crippen LogP contribution < -0.4 is 10.2 Å². The van der Waals surface area contributed by atoms with Crippen molar-refractivity contribution in [2.24, 2.45) is 0 Å². The third-order valence-electron chi connectivity index (χ3n) is 5.03. The van der Waals surface area contributed by atoms with Crippen LogP contribution in [0.3, 0.4) is 0 Å². The minimum atomic E-state index is -0.0354. The van der Waals surface area contributed by atoms with Gasteiger partial charge in [0.2, 0.25) is 5.91 Å². The van der Waals surface area contributed by atoms with Crippen LogP contribution in [0.2, 0.25) is 0 Å². The van der Waals surface area contributed by atoms with Crippen LogP contribution in [0.25, 0.3) is 10.6 Å². The van der Waals surface area contributed by atoms with Crippen LogP contribution in [-0.2, 0) is 11.2 Å². The Labute approximate surface area is 170 Å². The molecule has 0 spiro atoms. The van der Waals surface area contributed by atoms with E-state index in [4.69, 9.17) is 0 Å². The van der Waals surface area contributed by atoms with E-state index in [2.05, 4.69) is 52.5 Å². The maximum absolute atomic E-state index is 12.4. The number of thiazole rings is 1. The van der Waals surface area contributed by atoms with E-state index in [1.165, 1.54) is 30.5 Å². The van der Waals surface area contributed by atoms with Crippen molar-refractivity contribution in [3.8, 4) is 10.6 Å². The van der Waals surface area contributed by atoms with Crippen molar-refractivity contribution < 1.29 is 4.79 Å². The normalized spacial score (nSPS) is 14.1. The molecule has 1 aliphatic heterocycles. The first-order valence-electron chi connectivity index (χ1n) is 9.84. The van der Waals surface area contributed by atoms with E-state index in [1.54, 1.807) is 11.3 Å². The second kappa shape index (κ2) is 8.57. The zero-order valence-corrected chi connectivity index (χ0v) is 17.0. The molecule has 5 heteroatoms. The molecule has 0 unspecified atom stereocenters. The lowest BCUT2D eigenvalue weighted by atomic mass is 10.1. The molecule has 1 amide bonds. The Hall–Kier alpha value is -2.66. The number of benzene rings is 2. The fourth-order valence-corrected chi connectivity index (χ4v) is 4.39. The van der Waals surface area contributed by atoms with Crippen LogP contribution >= 0.6 is 11.3 Å². The first-order chi connectivity index (χ1) is 13.7. The molecular formula is C23H25N3OS. The Balaban J connectivity index is 1.35. The summed E-state index contributed by atoms with van der Waals surface area (Å²) in [6.07, 6.45) is 4.14. The molecule has 144 valence electrons. The molecule has 0 saturated carbocycles. The van der Waals surface area contributed by atoms with Gasteiger partial charge in [-0.1, -0.05) is 23.8 Å². The molecule has 0 aliphatic carbocycles. The number of aryl methyl sites for hydroxylation is 1. The minimum Gasteiger partial charge on any atom is -0.372 e. The lowest BCUT2D eigenvalue weighted by molar-refractivity contribution is -0.115. The summed E-state index contributed by atoms with van der Waals surface area (Å²) in [6, 6.07) is 16.4. The van der Waals surface area contributed by atoms with Gasteiger partial charge in [0.25, 0.3) is 0 Å². The van der Waals surface area contributed by atoms with Crippen LogP contribution in [0.1, 0.15) is 30.5 Å². The molecule has 2 aromatic carbocycles. The summed E-state index contributed by atoms with van der Waals surface area (Å²) in [5, 5.41) is 5.91. The van der Waals surface area contributed by atoms with E-state index in [-0.39, 0.29) is 12.3 Å². The van der Waals surface area contributed by atoms with Gasteiger partial charge < -0.3 is 10.2 Å². The topological polar surface area (TPSA) is 45.2 Å². The van der Waals surface area contributed by atoms with E-state index in [0.717, 1.165) is 35.0 Å².